The lowest BCUT2D eigenvalue weighted by atomic mass is 9.74. The van der Waals surface area contributed by atoms with Gasteiger partial charge in [0.25, 0.3) is 0 Å². The number of carbonyl (C=O) groups is 2. The van der Waals surface area contributed by atoms with E-state index in [9.17, 15) is 35.9 Å². The van der Waals surface area contributed by atoms with Gasteiger partial charge in [0.1, 0.15) is 11.5 Å². The summed E-state index contributed by atoms with van der Waals surface area (Å²) in [6.45, 7) is 2.04. The number of nitrogens with zero attached hydrogens (tertiary/aromatic N) is 1. The maximum Gasteiger partial charge on any atom is 0.398 e. The van der Waals surface area contributed by atoms with Crippen molar-refractivity contribution in [2.75, 3.05) is 33.5 Å². The largest absolute Gasteiger partial charge is 0.495 e. The normalized spacial score (nSPS) is 16.1. The quantitative estimate of drug-likeness (QED) is 0.177. The van der Waals surface area contributed by atoms with Crippen LogP contribution in [0.3, 0.4) is 0 Å². The van der Waals surface area contributed by atoms with E-state index in [1.807, 2.05) is 0 Å². The lowest BCUT2D eigenvalue weighted by molar-refractivity contribution is -0.184. The van der Waals surface area contributed by atoms with Crippen molar-refractivity contribution in [1.82, 2.24) is 10.3 Å². The first kappa shape index (κ1) is 32.9. The Kier molecular flexibility index (Phi) is 10.6. The number of aromatic nitrogens is 1. The zero-order chi connectivity index (χ0) is 31.1. The van der Waals surface area contributed by atoms with Crippen LogP contribution in [0, 0.1) is 5.92 Å². The minimum atomic E-state index is -4.81. The molecule has 1 aliphatic rings. The number of halogens is 6. The third-order valence-electron chi connectivity index (χ3n) is 7.04. The second-order valence-electron chi connectivity index (χ2n) is 10.1. The monoisotopic (exact) mass is 602 g/mol. The molecule has 0 spiro atoms. The van der Waals surface area contributed by atoms with Crippen molar-refractivity contribution in [2.24, 2.45) is 5.92 Å². The Morgan fingerprint density at radius 1 is 1.02 bits per heavy atom. The van der Waals surface area contributed by atoms with Gasteiger partial charge in [-0.15, -0.1) is 0 Å². The summed E-state index contributed by atoms with van der Waals surface area (Å²) in [5.74, 6) is -0.864. The average Bonchev–Trinajstić information content (AvgIpc) is 2.88. The number of pyridine rings is 1. The number of allylic oxidation sites excluding steroid dienone is 1. The van der Waals surface area contributed by atoms with E-state index < -0.39 is 42.3 Å². The second-order valence-corrected chi connectivity index (χ2v) is 10.1. The number of Topliss-reactive ketones (excluding diaryl/α,β-unsaturated/α-hetero) is 1. The van der Waals surface area contributed by atoms with Gasteiger partial charge in [-0.3, -0.25) is 14.6 Å². The van der Waals surface area contributed by atoms with Crippen LogP contribution >= 0.6 is 0 Å². The number of nitrogens with one attached hydrogen (secondary N) is 1. The Morgan fingerprint density at radius 3 is 2.14 bits per heavy atom. The van der Waals surface area contributed by atoms with Crippen LogP contribution in [0.2, 0.25) is 0 Å². The lowest BCUT2D eigenvalue weighted by Crippen LogP contribution is -2.43. The molecule has 0 aliphatic carbocycles. The minimum absolute atomic E-state index is 0.0115. The molecular weight excluding hydrogens is 570 g/mol. The Labute approximate surface area is 239 Å². The summed E-state index contributed by atoms with van der Waals surface area (Å²) in [6, 6.07) is 7.84. The molecule has 1 fully saturated rings. The fourth-order valence-corrected chi connectivity index (χ4v) is 4.28. The molecule has 7 nitrogen and oxygen atoms in total. The van der Waals surface area contributed by atoms with Crippen LogP contribution in [0.5, 0.6) is 11.5 Å². The highest BCUT2D eigenvalue weighted by Gasteiger charge is 2.53. The van der Waals surface area contributed by atoms with Crippen molar-refractivity contribution in [3.05, 3.63) is 59.4 Å². The standard InChI is InChI=1S/C29H32F6N2O5/c1-18(38)24(15-37-26(39)19-16-41-17-19)23(25-10-9-22(40-3)14-36-25)13-27(2,29(33,34)35)20-5-7-21(8-6-20)42-12-4-11-28(30,31)32/h5-10,14,19H,4,11-13,15-17H2,1-3H3,(H,37,39)/b24-23+/t27-/m1/s1. The maximum absolute atomic E-state index is 14.8. The molecule has 2 aromatic rings. The lowest BCUT2D eigenvalue weighted by Gasteiger charge is -2.34. The van der Waals surface area contributed by atoms with E-state index in [1.54, 1.807) is 0 Å². The summed E-state index contributed by atoms with van der Waals surface area (Å²) in [6.07, 6.45) is -9.88. The van der Waals surface area contributed by atoms with E-state index in [2.05, 4.69) is 10.3 Å². The fourth-order valence-electron chi connectivity index (χ4n) is 4.28. The maximum atomic E-state index is 14.8. The van der Waals surface area contributed by atoms with E-state index >= 15 is 0 Å². The first-order valence-electron chi connectivity index (χ1n) is 13.1. The van der Waals surface area contributed by atoms with Crippen molar-refractivity contribution >= 4 is 17.3 Å². The van der Waals surface area contributed by atoms with Gasteiger partial charge in [-0.25, -0.2) is 0 Å². The van der Waals surface area contributed by atoms with E-state index in [0.29, 0.717) is 5.75 Å². The van der Waals surface area contributed by atoms with Gasteiger partial charge in [-0.2, -0.15) is 26.3 Å². The highest BCUT2D eigenvalue weighted by Crippen LogP contribution is 2.47. The van der Waals surface area contributed by atoms with Gasteiger partial charge >= 0.3 is 12.4 Å². The molecule has 1 aromatic carbocycles. The van der Waals surface area contributed by atoms with Crippen molar-refractivity contribution < 1.29 is 50.1 Å². The molecular formula is C29H32F6N2O5. The Hall–Kier alpha value is -3.61. The van der Waals surface area contributed by atoms with Gasteiger partial charge in [0.05, 0.1) is 50.2 Å². The molecule has 0 radical (unpaired) electrons. The minimum Gasteiger partial charge on any atom is -0.495 e. The molecule has 2 heterocycles. The van der Waals surface area contributed by atoms with Crippen molar-refractivity contribution in [3.8, 4) is 11.5 Å². The topological polar surface area (TPSA) is 86.8 Å². The number of alkyl halides is 6. The third kappa shape index (κ3) is 8.46. The molecule has 1 atom stereocenters. The zero-order valence-corrected chi connectivity index (χ0v) is 23.3. The predicted molar refractivity (Wildman–Crippen MR) is 141 cm³/mol. The van der Waals surface area contributed by atoms with E-state index in [1.165, 1.54) is 56.6 Å². The molecule has 0 saturated carbocycles. The van der Waals surface area contributed by atoms with Gasteiger partial charge in [-0.1, -0.05) is 12.1 Å². The Balaban J connectivity index is 1.97. The van der Waals surface area contributed by atoms with Crippen LogP contribution in [0.15, 0.2) is 48.2 Å². The van der Waals surface area contributed by atoms with Crippen LogP contribution in [0.4, 0.5) is 26.3 Å². The van der Waals surface area contributed by atoms with Crippen LogP contribution < -0.4 is 14.8 Å². The van der Waals surface area contributed by atoms with Gasteiger partial charge in [-0.05, 0) is 62.1 Å². The Morgan fingerprint density at radius 2 is 1.67 bits per heavy atom. The SMILES string of the molecule is COc1ccc(/C(C[C@](C)(c2ccc(OCCCC(F)(F)F)cc2)C(F)(F)F)=C(\CNC(=O)C2COC2)C(C)=O)nc1. The van der Waals surface area contributed by atoms with Gasteiger partial charge < -0.3 is 19.5 Å². The van der Waals surface area contributed by atoms with Gasteiger partial charge in [0.15, 0.2) is 5.78 Å². The first-order chi connectivity index (χ1) is 19.6. The number of benzene rings is 1. The highest BCUT2D eigenvalue weighted by atomic mass is 19.4. The van der Waals surface area contributed by atoms with Gasteiger partial charge in [0, 0.05) is 18.5 Å². The number of carbonyl (C=O) groups excluding carboxylic acids is 2. The number of ketones is 1. The molecule has 1 amide bonds. The fraction of sp³-hybridized carbons (Fsp3) is 0.483. The summed E-state index contributed by atoms with van der Waals surface area (Å²) < 4.78 is 96.9. The predicted octanol–water partition coefficient (Wildman–Crippen LogP) is 5.83. The smallest absolute Gasteiger partial charge is 0.398 e. The summed E-state index contributed by atoms with van der Waals surface area (Å²) in [5.41, 5.74) is -2.65. The first-order valence-corrected chi connectivity index (χ1v) is 13.1. The van der Waals surface area contributed by atoms with Crippen molar-refractivity contribution in [3.63, 3.8) is 0 Å². The van der Waals surface area contributed by atoms with E-state index in [0.717, 1.165) is 6.92 Å². The number of hydrogen-bond donors (Lipinski definition) is 1. The summed E-state index contributed by atoms with van der Waals surface area (Å²) in [7, 11) is 1.40. The molecule has 1 N–H and O–H groups in total. The van der Waals surface area contributed by atoms with Gasteiger partial charge in [0.2, 0.25) is 5.91 Å². The molecule has 0 bridgehead atoms. The number of hydrogen-bond acceptors (Lipinski definition) is 6. The molecule has 0 unspecified atom stereocenters. The Bertz CT molecular complexity index is 1260. The highest BCUT2D eigenvalue weighted by molar-refractivity contribution is 6.02. The molecule has 42 heavy (non-hydrogen) atoms. The third-order valence-corrected chi connectivity index (χ3v) is 7.04. The molecule has 230 valence electrons. The number of methoxy groups -OCH3 is 1. The van der Waals surface area contributed by atoms with Crippen LogP contribution in [0.25, 0.3) is 5.57 Å². The summed E-state index contributed by atoms with van der Waals surface area (Å²) >= 11 is 0. The van der Waals surface area contributed by atoms with Crippen molar-refractivity contribution in [1.29, 1.82) is 0 Å². The van der Waals surface area contributed by atoms with Crippen molar-refractivity contribution in [2.45, 2.75) is 50.9 Å². The molecule has 1 aliphatic heterocycles. The van der Waals surface area contributed by atoms with Crippen LogP contribution in [0.1, 0.15) is 44.4 Å². The number of ether oxygens (including phenoxy) is 3. The number of rotatable bonds is 13. The van der Waals surface area contributed by atoms with Crippen LogP contribution in [-0.4, -0.2) is 62.5 Å². The number of amides is 1. The molecule has 3 rings (SSSR count). The summed E-state index contributed by atoms with van der Waals surface area (Å²) in [5, 5.41) is 2.63. The second kappa shape index (κ2) is 13.6. The zero-order valence-electron chi connectivity index (χ0n) is 23.3. The van der Waals surface area contributed by atoms with Crippen LogP contribution in [-0.2, 0) is 19.7 Å². The average molecular weight is 603 g/mol. The van der Waals surface area contributed by atoms with E-state index in [-0.39, 0.29) is 66.8 Å². The van der Waals surface area contributed by atoms with E-state index in [4.69, 9.17) is 14.2 Å². The molecule has 13 heteroatoms. The molecule has 1 saturated heterocycles. The molecule has 1 aromatic heterocycles. The summed E-state index contributed by atoms with van der Waals surface area (Å²) in [4.78, 5) is 29.5.